The Kier molecular flexibility index (Phi) is 5.39. The average Bonchev–Trinajstić information content (AvgIpc) is 2.27. The van der Waals surface area contributed by atoms with Crippen molar-refractivity contribution in [1.82, 2.24) is 4.90 Å². The first-order chi connectivity index (χ1) is 8.47. The molecule has 0 aromatic heterocycles. The number of hydrogen-bond donors (Lipinski definition) is 0. The van der Waals surface area contributed by atoms with Gasteiger partial charge in [-0.1, -0.05) is 43.2 Å². The van der Waals surface area contributed by atoms with Crippen LogP contribution in [0.5, 0.6) is 0 Å². The summed E-state index contributed by atoms with van der Waals surface area (Å²) in [5, 5.41) is 0. The molecule has 1 aromatic rings. The molecule has 2 heteroatoms. The predicted octanol–water partition coefficient (Wildman–Crippen LogP) is 3.84. The second-order valence-corrected chi connectivity index (χ2v) is 5.11. The van der Waals surface area contributed by atoms with Crippen LogP contribution in [0.4, 0.5) is 0 Å². The van der Waals surface area contributed by atoms with Crippen molar-refractivity contribution in [2.24, 2.45) is 0 Å². The van der Waals surface area contributed by atoms with Crippen LogP contribution in [0.2, 0.25) is 0 Å². The van der Waals surface area contributed by atoms with Gasteiger partial charge in [-0.05, 0) is 32.3 Å². The second kappa shape index (κ2) is 6.58. The number of carbonyl (C=O) groups is 1. The van der Waals surface area contributed by atoms with E-state index in [4.69, 9.17) is 0 Å². The van der Waals surface area contributed by atoms with Crippen LogP contribution in [0.1, 0.15) is 50.3 Å². The van der Waals surface area contributed by atoms with E-state index in [1.165, 1.54) is 16.7 Å². The predicted molar refractivity (Wildman–Crippen MR) is 76.5 cm³/mol. The number of hydrogen-bond acceptors (Lipinski definition) is 1. The maximum Gasteiger partial charge on any atom is 0.219 e. The van der Waals surface area contributed by atoms with Crippen LogP contribution in [0.3, 0.4) is 0 Å². The van der Waals surface area contributed by atoms with Crippen molar-refractivity contribution in [3.05, 3.63) is 34.9 Å². The van der Waals surface area contributed by atoms with Gasteiger partial charge in [-0.25, -0.2) is 0 Å². The van der Waals surface area contributed by atoms with Crippen LogP contribution in [-0.4, -0.2) is 16.8 Å². The van der Waals surface area contributed by atoms with Crippen molar-refractivity contribution in [3.63, 3.8) is 0 Å². The maximum atomic E-state index is 11.8. The smallest absolute Gasteiger partial charge is 0.219 e. The third-order valence-corrected chi connectivity index (χ3v) is 3.42. The summed E-state index contributed by atoms with van der Waals surface area (Å²) >= 11 is 0. The van der Waals surface area contributed by atoms with Crippen LogP contribution in [0.15, 0.2) is 18.2 Å². The van der Waals surface area contributed by atoms with Gasteiger partial charge in [-0.15, -0.1) is 0 Å². The van der Waals surface area contributed by atoms with Crippen LogP contribution >= 0.6 is 0 Å². The van der Waals surface area contributed by atoms with Crippen molar-refractivity contribution in [2.45, 2.75) is 60.0 Å². The first kappa shape index (κ1) is 14.7. The second-order valence-electron chi connectivity index (χ2n) is 5.11. The number of benzene rings is 1. The summed E-state index contributed by atoms with van der Waals surface area (Å²) in [4.78, 5) is 13.8. The van der Waals surface area contributed by atoms with Gasteiger partial charge in [0, 0.05) is 19.5 Å². The number of aryl methyl sites for hydroxylation is 2. The number of rotatable bonds is 5. The van der Waals surface area contributed by atoms with Crippen molar-refractivity contribution in [2.75, 3.05) is 0 Å². The summed E-state index contributed by atoms with van der Waals surface area (Å²) in [6.45, 7) is 10.9. The van der Waals surface area contributed by atoms with Gasteiger partial charge in [-0.2, -0.15) is 0 Å². The Labute approximate surface area is 111 Å². The molecular formula is C16H25NO. The van der Waals surface area contributed by atoms with Gasteiger partial charge in [0.25, 0.3) is 0 Å². The monoisotopic (exact) mass is 247 g/mol. The minimum absolute atomic E-state index is 0.169. The molecule has 1 aromatic carbocycles. The van der Waals surface area contributed by atoms with E-state index >= 15 is 0 Å². The van der Waals surface area contributed by atoms with Crippen LogP contribution < -0.4 is 0 Å². The molecule has 0 radical (unpaired) electrons. The first-order valence-corrected chi connectivity index (χ1v) is 6.82. The summed E-state index contributed by atoms with van der Waals surface area (Å²) in [5.74, 6) is 0.169. The minimum Gasteiger partial charge on any atom is -0.336 e. The standard InChI is InChI=1S/C16H25NO/c1-6-16(7-2)17(14(5)18)11-15-9-12(3)8-13(4)10-15/h8-10,16H,6-7,11H2,1-5H3. The third kappa shape index (κ3) is 3.86. The molecule has 100 valence electrons. The van der Waals surface area contributed by atoms with E-state index in [-0.39, 0.29) is 5.91 Å². The van der Waals surface area contributed by atoms with E-state index in [2.05, 4.69) is 45.9 Å². The molecule has 0 saturated carbocycles. The van der Waals surface area contributed by atoms with Gasteiger partial charge in [0.2, 0.25) is 5.91 Å². The molecule has 0 aliphatic carbocycles. The number of nitrogens with zero attached hydrogens (tertiary/aromatic N) is 1. The highest BCUT2D eigenvalue weighted by Crippen LogP contribution is 2.16. The lowest BCUT2D eigenvalue weighted by Gasteiger charge is -2.30. The van der Waals surface area contributed by atoms with E-state index in [0.717, 1.165) is 19.4 Å². The third-order valence-electron chi connectivity index (χ3n) is 3.42. The fourth-order valence-corrected chi connectivity index (χ4v) is 2.58. The number of amides is 1. The molecular weight excluding hydrogens is 222 g/mol. The van der Waals surface area contributed by atoms with Crippen LogP contribution in [0.25, 0.3) is 0 Å². The Morgan fingerprint density at radius 2 is 1.61 bits per heavy atom. The Morgan fingerprint density at radius 1 is 1.11 bits per heavy atom. The highest BCUT2D eigenvalue weighted by molar-refractivity contribution is 5.73. The van der Waals surface area contributed by atoms with E-state index in [1.54, 1.807) is 6.92 Å². The van der Waals surface area contributed by atoms with Crippen LogP contribution in [-0.2, 0) is 11.3 Å². The fourth-order valence-electron chi connectivity index (χ4n) is 2.58. The van der Waals surface area contributed by atoms with Gasteiger partial charge in [-0.3, -0.25) is 4.79 Å². The lowest BCUT2D eigenvalue weighted by atomic mass is 10.0. The van der Waals surface area contributed by atoms with Gasteiger partial charge in [0.1, 0.15) is 0 Å². The molecule has 0 aliphatic rings. The normalized spacial score (nSPS) is 10.8. The number of carbonyl (C=O) groups excluding carboxylic acids is 1. The molecule has 0 atom stereocenters. The highest BCUT2D eigenvalue weighted by Gasteiger charge is 2.18. The largest absolute Gasteiger partial charge is 0.336 e. The van der Waals surface area contributed by atoms with Crippen molar-refractivity contribution < 1.29 is 4.79 Å². The first-order valence-electron chi connectivity index (χ1n) is 6.82. The van der Waals surface area contributed by atoms with Gasteiger partial charge in [0.15, 0.2) is 0 Å². The molecule has 1 amide bonds. The highest BCUT2D eigenvalue weighted by atomic mass is 16.2. The topological polar surface area (TPSA) is 20.3 Å². The van der Waals surface area contributed by atoms with E-state index in [1.807, 2.05) is 4.90 Å². The van der Waals surface area contributed by atoms with Crippen molar-refractivity contribution in [1.29, 1.82) is 0 Å². The molecule has 18 heavy (non-hydrogen) atoms. The zero-order valence-electron chi connectivity index (χ0n) is 12.3. The summed E-state index contributed by atoms with van der Waals surface area (Å²) in [5.41, 5.74) is 3.76. The lowest BCUT2D eigenvalue weighted by molar-refractivity contribution is -0.132. The van der Waals surface area contributed by atoms with Gasteiger partial charge < -0.3 is 4.90 Å². The molecule has 0 fully saturated rings. The van der Waals surface area contributed by atoms with Crippen LogP contribution in [0, 0.1) is 13.8 Å². The molecule has 0 aliphatic heterocycles. The summed E-state index contributed by atoms with van der Waals surface area (Å²) < 4.78 is 0. The van der Waals surface area contributed by atoms with Crippen molar-refractivity contribution >= 4 is 5.91 Å². The maximum absolute atomic E-state index is 11.8. The lowest BCUT2D eigenvalue weighted by Crippen LogP contribution is -2.37. The Morgan fingerprint density at radius 3 is 2.00 bits per heavy atom. The average molecular weight is 247 g/mol. The van der Waals surface area contributed by atoms with E-state index < -0.39 is 0 Å². The molecule has 0 saturated heterocycles. The minimum atomic E-state index is 0.169. The SMILES string of the molecule is CCC(CC)N(Cc1cc(C)cc(C)c1)C(C)=O. The zero-order valence-corrected chi connectivity index (χ0v) is 12.3. The van der Waals surface area contributed by atoms with E-state index in [0.29, 0.717) is 6.04 Å². The molecule has 2 nitrogen and oxygen atoms in total. The quantitative estimate of drug-likeness (QED) is 0.774. The Bertz CT molecular complexity index is 387. The molecule has 0 heterocycles. The summed E-state index contributed by atoms with van der Waals surface area (Å²) in [6, 6.07) is 6.86. The molecule has 1 rings (SSSR count). The van der Waals surface area contributed by atoms with Gasteiger partial charge in [0.05, 0.1) is 0 Å². The fraction of sp³-hybridized carbons (Fsp3) is 0.562. The van der Waals surface area contributed by atoms with E-state index in [9.17, 15) is 4.79 Å². The Balaban J connectivity index is 2.92. The zero-order chi connectivity index (χ0) is 13.7. The molecule has 0 N–H and O–H groups in total. The summed E-state index contributed by atoms with van der Waals surface area (Å²) in [7, 11) is 0. The molecule has 0 unspecified atom stereocenters. The summed E-state index contributed by atoms with van der Waals surface area (Å²) in [6.07, 6.45) is 2.03. The molecule has 0 spiro atoms. The van der Waals surface area contributed by atoms with Crippen molar-refractivity contribution in [3.8, 4) is 0 Å². The Hall–Kier alpha value is -1.31. The van der Waals surface area contributed by atoms with Gasteiger partial charge >= 0.3 is 0 Å². The molecule has 0 bridgehead atoms.